The molecule has 2 heterocycles. The molecule has 0 unspecified atom stereocenters. The molecule has 0 bridgehead atoms. The molecule has 0 saturated carbocycles. The van der Waals surface area contributed by atoms with Gasteiger partial charge in [-0.05, 0) is 39.0 Å². The minimum Gasteiger partial charge on any atom is -0.496 e. The lowest BCUT2D eigenvalue weighted by molar-refractivity contribution is -0.0509. The van der Waals surface area contributed by atoms with E-state index in [4.69, 9.17) is 9.47 Å². The lowest BCUT2D eigenvalue weighted by Gasteiger charge is -2.22. The third-order valence-electron chi connectivity index (χ3n) is 3.88. The van der Waals surface area contributed by atoms with Crippen molar-refractivity contribution >= 4 is 11.6 Å². The maximum absolute atomic E-state index is 13.4. The zero-order valence-electron chi connectivity index (χ0n) is 16.2. The number of fused-ring (bicyclic) bond motifs is 1. The Hall–Kier alpha value is -3.23. The number of alkyl halides is 2. The number of carbonyl (C=O) groups excluding carboxylic acids is 1. The number of hydrogen-bond acceptors (Lipinski definition) is 5. The van der Waals surface area contributed by atoms with Gasteiger partial charge in [0.1, 0.15) is 34.1 Å². The number of esters is 1. The summed E-state index contributed by atoms with van der Waals surface area (Å²) >= 11 is 0. The fraction of sp³-hybridized carbons (Fsp3) is 0.300. The van der Waals surface area contributed by atoms with Crippen LogP contribution in [0.5, 0.6) is 11.5 Å². The number of halogens is 3. The Labute approximate surface area is 164 Å². The molecule has 0 atom stereocenters. The molecule has 0 aliphatic rings. The first-order valence-corrected chi connectivity index (χ1v) is 8.62. The van der Waals surface area contributed by atoms with E-state index in [1.54, 1.807) is 25.2 Å². The highest BCUT2D eigenvalue weighted by Gasteiger charge is 2.28. The minimum absolute atomic E-state index is 0.00976. The monoisotopic (exact) mass is 408 g/mol. The summed E-state index contributed by atoms with van der Waals surface area (Å²) in [5.41, 5.74) is 0.0594. The van der Waals surface area contributed by atoms with Crippen molar-refractivity contribution in [2.45, 2.75) is 33.0 Å². The summed E-state index contributed by atoms with van der Waals surface area (Å²) in [6.45, 7) is 1.78. The first-order valence-electron chi connectivity index (χ1n) is 8.62. The normalized spacial score (nSPS) is 11.7. The molecule has 0 amide bonds. The molecule has 0 aliphatic heterocycles. The van der Waals surface area contributed by atoms with Gasteiger partial charge >= 0.3 is 12.6 Å². The van der Waals surface area contributed by atoms with Gasteiger partial charge in [-0.3, -0.25) is 4.40 Å². The van der Waals surface area contributed by atoms with Gasteiger partial charge in [0.05, 0.1) is 19.0 Å². The molecule has 6 nitrogen and oxygen atoms in total. The van der Waals surface area contributed by atoms with Crippen LogP contribution in [0, 0.1) is 5.82 Å². The predicted octanol–water partition coefficient (Wildman–Crippen LogP) is 4.71. The number of imidazole rings is 1. The fourth-order valence-corrected chi connectivity index (χ4v) is 2.79. The average molecular weight is 408 g/mol. The van der Waals surface area contributed by atoms with Gasteiger partial charge in [-0.2, -0.15) is 8.78 Å². The zero-order valence-corrected chi connectivity index (χ0v) is 16.2. The molecule has 0 aliphatic carbocycles. The molecule has 0 N–H and O–H groups in total. The number of carbonyl (C=O) groups is 1. The van der Waals surface area contributed by atoms with E-state index in [-0.39, 0.29) is 11.3 Å². The van der Waals surface area contributed by atoms with Crippen LogP contribution in [0.15, 0.2) is 36.7 Å². The van der Waals surface area contributed by atoms with Crippen LogP contribution in [0.25, 0.3) is 16.9 Å². The van der Waals surface area contributed by atoms with Gasteiger partial charge in [0, 0.05) is 17.8 Å². The number of hydrogen-bond donors (Lipinski definition) is 0. The molecule has 0 radical (unpaired) electrons. The summed E-state index contributed by atoms with van der Waals surface area (Å²) in [6.07, 6.45) is 2.90. The number of benzene rings is 1. The Balaban J connectivity index is 2.18. The molecule has 9 heteroatoms. The number of methoxy groups -OCH3 is 1. The topological polar surface area (TPSA) is 62.1 Å². The van der Waals surface area contributed by atoms with Crippen LogP contribution in [0.2, 0.25) is 0 Å². The van der Waals surface area contributed by atoms with Gasteiger partial charge in [-0.1, -0.05) is 0 Å². The largest absolute Gasteiger partial charge is 0.496 e. The van der Waals surface area contributed by atoms with E-state index >= 15 is 0 Å². The van der Waals surface area contributed by atoms with Crippen molar-refractivity contribution in [3.63, 3.8) is 0 Å². The SMILES string of the molecule is COc1cc(-c2cnc3cc(F)ccn23)cc(OC(F)F)c1C(=O)OC(C)(C)C. The van der Waals surface area contributed by atoms with Gasteiger partial charge in [0.15, 0.2) is 0 Å². The van der Waals surface area contributed by atoms with E-state index < -0.39 is 29.7 Å². The van der Waals surface area contributed by atoms with Crippen LogP contribution in [0.4, 0.5) is 13.2 Å². The van der Waals surface area contributed by atoms with Crippen LogP contribution < -0.4 is 9.47 Å². The maximum Gasteiger partial charge on any atom is 0.387 e. The van der Waals surface area contributed by atoms with Gasteiger partial charge in [-0.25, -0.2) is 14.2 Å². The molecule has 3 aromatic rings. The highest BCUT2D eigenvalue weighted by molar-refractivity contribution is 5.97. The Kier molecular flexibility index (Phi) is 5.41. The first kappa shape index (κ1) is 20.5. The second kappa shape index (κ2) is 7.65. The Morgan fingerprint density at radius 2 is 1.86 bits per heavy atom. The van der Waals surface area contributed by atoms with Crippen molar-refractivity contribution in [3.05, 3.63) is 48.0 Å². The van der Waals surface area contributed by atoms with Crippen molar-refractivity contribution in [1.29, 1.82) is 0 Å². The molecule has 2 aromatic heterocycles. The zero-order chi connectivity index (χ0) is 21.3. The second-order valence-corrected chi connectivity index (χ2v) is 7.15. The molecular formula is C20H19F3N2O4. The third-order valence-corrected chi connectivity index (χ3v) is 3.88. The number of nitrogens with zero attached hydrogens (tertiary/aromatic N) is 2. The van der Waals surface area contributed by atoms with Crippen molar-refractivity contribution in [3.8, 4) is 22.8 Å². The summed E-state index contributed by atoms with van der Waals surface area (Å²) in [5, 5.41) is 0. The van der Waals surface area contributed by atoms with Crippen molar-refractivity contribution in [1.82, 2.24) is 9.38 Å². The smallest absolute Gasteiger partial charge is 0.387 e. The highest BCUT2D eigenvalue weighted by atomic mass is 19.3. The lowest BCUT2D eigenvalue weighted by atomic mass is 10.1. The minimum atomic E-state index is -3.17. The van der Waals surface area contributed by atoms with E-state index in [2.05, 4.69) is 9.72 Å². The van der Waals surface area contributed by atoms with Gasteiger partial charge in [0.25, 0.3) is 0 Å². The van der Waals surface area contributed by atoms with Crippen LogP contribution in [0.1, 0.15) is 31.1 Å². The highest BCUT2D eigenvalue weighted by Crippen LogP contribution is 2.37. The lowest BCUT2D eigenvalue weighted by Crippen LogP contribution is -2.25. The van der Waals surface area contributed by atoms with Crippen molar-refractivity contribution < 1.29 is 32.2 Å². The van der Waals surface area contributed by atoms with E-state index in [9.17, 15) is 18.0 Å². The Morgan fingerprint density at radius 1 is 1.17 bits per heavy atom. The van der Waals surface area contributed by atoms with Gasteiger partial charge < -0.3 is 14.2 Å². The number of rotatable bonds is 5. The molecule has 0 spiro atoms. The maximum atomic E-state index is 13.4. The van der Waals surface area contributed by atoms with Crippen LogP contribution in [-0.4, -0.2) is 34.7 Å². The van der Waals surface area contributed by atoms with Crippen molar-refractivity contribution in [2.24, 2.45) is 0 Å². The second-order valence-electron chi connectivity index (χ2n) is 7.15. The summed E-state index contributed by atoms with van der Waals surface area (Å²) in [5.74, 6) is -1.74. The molecular weight excluding hydrogens is 389 g/mol. The molecule has 0 fully saturated rings. The first-order chi connectivity index (χ1) is 13.6. The molecule has 1 aromatic carbocycles. The number of pyridine rings is 1. The fourth-order valence-electron chi connectivity index (χ4n) is 2.79. The molecule has 154 valence electrons. The molecule has 29 heavy (non-hydrogen) atoms. The van der Waals surface area contributed by atoms with E-state index in [0.29, 0.717) is 16.9 Å². The van der Waals surface area contributed by atoms with E-state index in [1.165, 1.54) is 43.8 Å². The quantitative estimate of drug-likeness (QED) is 0.573. The van der Waals surface area contributed by atoms with Crippen molar-refractivity contribution in [2.75, 3.05) is 7.11 Å². The summed E-state index contributed by atoms with van der Waals surface area (Å²) < 4.78 is 56.2. The number of aromatic nitrogens is 2. The van der Waals surface area contributed by atoms with E-state index in [1.807, 2.05) is 0 Å². The Bertz CT molecular complexity index is 1060. The molecule has 3 rings (SSSR count). The van der Waals surface area contributed by atoms with Crippen LogP contribution in [-0.2, 0) is 4.74 Å². The average Bonchev–Trinajstić information content (AvgIpc) is 3.01. The molecule has 0 saturated heterocycles. The summed E-state index contributed by atoms with van der Waals surface area (Å²) in [6, 6.07) is 5.21. The summed E-state index contributed by atoms with van der Waals surface area (Å²) in [4.78, 5) is 16.7. The number of ether oxygens (including phenoxy) is 3. The van der Waals surface area contributed by atoms with E-state index in [0.717, 1.165) is 0 Å². The summed E-state index contributed by atoms with van der Waals surface area (Å²) in [7, 11) is 1.29. The third kappa shape index (κ3) is 4.44. The van der Waals surface area contributed by atoms with Gasteiger partial charge in [0.2, 0.25) is 0 Å². The van der Waals surface area contributed by atoms with Crippen LogP contribution in [0.3, 0.4) is 0 Å². The van der Waals surface area contributed by atoms with Gasteiger partial charge in [-0.15, -0.1) is 0 Å². The predicted molar refractivity (Wildman–Crippen MR) is 98.9 cm³/mol. The standard InChI is InChI=1S/C20H19F3N2O4/c1-20(2,3)29-18(26)17-14(27-4)7-11(8-15(17)28-19(22)23)13-10-24-16-9-12(21)5-6-25(13)16/h5-10,19H,1-4H3. The Morgan fingerprint density at radius 3 is 2.48 bits per heavy atom. The van der Waals surface area contributed by atoms with Crippen LogP contribution >= 0.6 is 0 Å².